The average Bonchev–Trinajstić information content (AvgIpc) is 2.39. The molecule has 1 saturated heterocycles. The molecule has 1 aliphatic heterocycles. The lowest BCUT2D eigenvalue weighted by Crippen LogP contribution is -2.54. The third kappa shape index (κ3) is 2.46. The molecular weight excluding hydrogens is 224 g/mol. The van der Waals surface area contributed by atoms with Gasteiger partial charge in [-0.15, -0.1) is 0 Å². The van der Waals surface area contributed by atoms with Gasteiger partial charge in [-0.05, 0) is 32.4 Å². The number of hydrogen-bond acceptors (Lipinski definition) is 4. The first-order chi connectivity index (χ1) is 8.54. The van der Waals surface area contributed by atoms with Gasteiger partial charge >= 0.3 is 0 Å². The van der Waals surface area contributed by atoms with E-state index in [1.54, 1.807) is 0 Å². The van der Waals surface area contributed by atoms with Crippen LogP contribution in [0, 0.1) is 18.3 Å². The van der Waals surface area contributed by atoms with E-state index >= 15 is 0 Å². The minimum Gasteiger partial charge on any atom is -0.369 e. The number of aryl methyl sites for hydroxylation is 1. The maximum Gasteiger partial charge on any atom is 0.103 e. The summed E-state index contributed by atoms with van der Waals surface area (Å²) in [6, 6.07) is 4.44. The number of pyridine rings is 1. The number of nitriles is 1. The van der Waals surface area contributed by atoms with Crippen molar-refractivity contribution in [3.8, 4) is 6.07 Å². The van der Waals surface area contributed by atoms with Crippen LogP contribution in [-0.2, 0) is 0 Å². The van der Waals surface area contributed by atoms with E-state index in [0.29, 0.717) is 0 Å². The number of nitrogens with zero attached hydrogens (tertiary/aromatic N) is 4. The van der Waals surface area contributed by atoms with Gasteiger partial charge in [-0.3, -0.25) is 9.88 Å². The minimum atomic E-state index is -0.362. The fourth-order valence-electron chi connectivity index (χ4n) is 2.40. The highest BCUT2D eigenvalue weighted by atomic mass is 15.3. The summed E-state index contributed by atoms with van der Waals surface area (Å²) in [7, 11) is 0. The van der Waals surface area contributed by atoms with E-state index < -0.39 is 0 Å². The first kappa shape index (κ1) is 12.8. The number of anilines is 1. The number of aromatic nitrogens is 1. The first-order valence-corrected chi connectivity index (χ1v) is 6.36. The molecule has 0 aromatic carbocycles. The highest BCUT2D eigenvalue weighted by molar-refractivity contribution is 5.51. The summed E-state index contributed by atoms with van der Waals surface area (Å²) in [4.78, 5) is 8.75. The van der Waals surface area contributed by atoms with E-state index in [1.807, 2.05) is 26.2 Å². The van der Waals surface area contributed by atoms with Gasteiger partial charge in [0, 0.05) is 44.3 Å². The van der Waals surface area contributed by atoms with E-state index in [2.05, 4.69) is 33.8 Å². The van der Waals surface area contributed by atoms with Crippen molar-refractivity contribution in [2.75, 3.05) is 31.1 Å². The zero-order valence-corrected chi connectivity index (χ0v) is 11.3. The molecule has 96 valence electrons. The molecule has 4 heteroatoms. The lowest BCUT2D eigenvalue weighted by Gasteiger charge is -2.41. The van der Waals surface area contributed by atoms with Gasteiger partial charge in [0.15, 0.2) is 0 Å². The fourth-order valence-corrected chi connectivity index (χ4v) is 2.40. The Morgan fingerprint density at radius 3 is 2.50 bits per heavy atom. The van der Waals surface area contributed by atoms with Crippen molar-refractivity contribution in [1.29, 1.82) is 5.26 Å². The van der Waals surface area contributed by atoms with Gasteiger partial charge in [0.25, 0.3) is 0 Å². The lowest BCUT2D eigenvalue weighted by atomic mass is 10.0. The Hall–Kier alpha value is -1.60. The zero-order chi connectivity index (χ0) is 13.2. The third-order valence-electron chi connectivity index (χ3n) is 3.68. The van der Waals surface area contributed by atoms with Crippen molar-refractivity contribution in [3.63, 3.8) is 0 Å². The average molecular weight is 244 g/mol. The molecule has 0 bridgehead atoms. The Morgan fingerprint density at radius 2 is 1.94 bits per heavy atom. The SMILES string of the molecule is Cc1cnccc1N1CCN(C(C)(C)C#N)CC1. The largest absolute Gasteiger partial charge is 0.369 e. The van der Waals surface area contributed by atoms with Crippen molar-refractivity contribution < 1.29 is 0 Å². The van der Waals surface area contributed by atoms with Crippen molar-refractivity contribution in [2.24, 2.45) is 0 Å². The topological polar surface area (TPSA) is 43.2 Å². The van der Waals surface area contributed by atoms with Crippen LogP contribution in [0.5, 0.6) is 0 Å². The number of rotatable bonds is 2. The Labute approximate surface area is 109 Å². The highest BCUT2D eigenvalue weighted by Gasteiger charge is 2.29. The van der Waals surface area contributed by atoms with Crippen molar-refractivity contribution >= 4 is 5.69 Å². The second kappa shape index (κ2) is 4.95. The Balaban J connectivity index is 2.04. The van der Waals surface area contributed by atoms with Crippen LogP contribution in [0.3, 0.4) is 0 Å². The first-order valence-electron chi connectivity index (χ1n) is 6.36. The van der Waals surface area contributed by atoms with Crippen LogP contribution in [0.4, 0.5) is 5.69 Å². The van der Waals surface area contributed by atoms with Gasteiger partial charge < -0.3 is 4.90 Å². The molecule has 1 aromatic rings. The lowest BCUT2D eigenvalue weighted by molar-refractivity contribution is 0.158. The molecule has 0 spiro atoms. The highest BCUT2D eigenvalue weighted by Crippen LogP contribution is 2.22. The molecule has 1 fully saturated rings. The molecule has 2 rings (SSSR count). The van der Waals surface area contributed by atoms with Crippen LogP contribution in [0.1, 0.15) is 19.4 Å². The smallest absolute Gasteiger partial charge is 0.103 e. The molecule has 0 atom stereocenters. The zero-order valence-electron chi connectivity index (χ0n) is 11.3. The molecule has 0 saturated carbocycles. The molecule has 18 heavy (non-hydrogen) atoms. The molecule has 0 aliphatic carbocycles. The van der Waals surface area contributed by atoms with E-state index in [4.69, 9.17) is 5.26 Å². The maximum atomic E-state index is 9.16. The summed E-state index contributed by atoms with van der Waals surface area (Å²) < 4.78 is 0. The van der Waals surface area contributed by atoms with Gasteiger partial charge in [0.2, 0.25) is 0 Å². The van der Waals surface area contributed by atoms with E-state index in [-0.39, 0.29) is 5.54 Å². The monoisotopic (exact) mass is 244 g/mol. The van der Waals surface area contributed by atoms with Crippen LogP contribution < -0.4 is 4.90 Å². The van der Waals surface area contributed by atoms with Crippen molar-refractivity contribution in [2.45, 2.75) is 26.3 Å². The predicted octanol–water partition coefficient (Wildman–Crippen LogP) is 1.81. The molecule has 0 radical (unpaired) electrons. The van der Waals surface area contributed by atoms with Gasteiger partial charge in [-0.2, -0.15) is 5.26 Å². The maximum absolute atomic E-state index is 9.16. The van der Waals surface area contributed by atoms with E-state index in [0.717, 1.165) is 26.2 Å². The van der Waals surface area contributed by atoms with E-state index in [1.165, 1.54) is 11.3 Å². The number of piperazine rings is 1. The molecule has 1 aliphatic rings. The molecule has 1 aromatic heterocycles. The van der Waals surface area contributed by atoms with Gasteiger partial charge in [-0.25, -0.2) is 0 Å². The summed E-state index contributed by atoms with van der Waals surface area (Å²) in [5.41, 5.74) is 2.12. The summed E-state index contributed by atoms with van der Waals surface area (Å²) in [5, 5.41) is 9.16. The van der Waals surface area contributed by atoms with Gasteiger partial charge in [-0.1, -0.05) is 0 Å². The molecule has 4 nitrogen and oxygen atoms in total. The van der Waals surface area contributed by atoms with E-state index in [9.17, 15) is 0 Å². The van der Waals surface area contributed by atoms with Crippen LogP contribution in [-0.4, -0.2) is 41.6 Å². The quantitative estimate of drug-likeness (QED) is 0.796. The molecule has 2 heterocycles. The van der Waals surface area contributed by atoms with Crippen molar-refractivity contribution in [3.05, 3.63) is 24.0 Å². The summed E-state index contributed by atoms with van der Waals surface area (Å²) in [6.45, 7) is 9.87. The molecule has 0 N–H and O–H groups in total. The van der Waals surface area contributed by atoms with Crippen LogP contribution >= 0.6 is 0 Å². The second-order valence-electron chi connectivity index (χ2n) is 5.31. The minimum absolute atomic E-state index is 0.362. The summed E-state index contributed by atoms with van der Waals surface area (Å²) in [6.07, 6.45) is 3.74. The molecular formula is C14H20N4. The Bertz CT molecular complexity index is 453. The van der Waals surface area contributed by atoms with Gasteiger partial charge in [0.05, 0.1) is 6.07 Å². The second-order valence-corrected chi connectivity index (χ2v) is 5.31. The van der Waals surface area contributed by atoms with Crippen molar-refractivity contribution in [1.82, 2.24) is 9.88 Å². The van der Waals surface area contributed by atoms with Gasteiger partial charge in [0.1, 0.15) is 5.54 Å². The third-order valence-corrected chi connectivity index (χ3v) is 3.68. The fraction of sp³-hybridized carbons (Fsp3) is 0.571. The Kier molecular flexibility index (Phi) is 3.53. The standard InChI is InChI=1S/C14H20N4/c1-12-10-16-5-4-13(12)17-6-8-18(9-7-17)14(2,3)11-15/h4-5,10H,6-9H2,1-3H3. The van der Waals surface area contributed by atoms with Crippen LogP contribution in [0.2, 0.25) is 0 Å². The summed E-state index contributed by atoms with van der Waals surface area (Å²) >= 11 is 0. The Morgan fingerprint density at radius 1 is 1.28 bits per heavy atom. The normalized spacial score (nSPS) is 17.6. The van der Waals surface area contributed by atoms with Crippen LogP contribution in [0.15, 0.2) is 18.5 Å². The predicted molar refractivity (Wildman–Crippen MR) is 72.5 cm³/mol. The molecule has 0 unspecified atom stereocenters. The summed E-state index contributed by atoms with van der Waals surface area (Å²) in [5.74, 6) is 0. The van der Waals surface area contributed by atoms with Crippen LogP contribution in [0.25, 0.3) is 0 Å². The molecule has 0 amide bonds. The number of hydrogen-bond donors (Lipinski definition) is 0.